The van der Waals surface area contributed by atoms with E-state index in [1.807, 2.05) is 0 Å². The minimum Gasteiger partial charge on any atom is -0.550 e. The van der Waals surface area contributed by atoms with E-state index in [4.69, 9.17) is 0 Å². The molecule has 0 spiro atoms. The summed E-state index contributed by atoms with van der Waals surface area (Å²) in [4.78, 5) is 20.7. The van der Waals surface area contributed by atoms with Crippen LogP contribution >= 0.6 is 0 Å². The quantitative estimate of drug-likeness (QED) is 0.0526. The molecular formula is C48H78CaO4. The Morgan fingerprint density at radius 1 is 0.396 bits per heavy atom. The molecule has 2 aromatic rings. The van der Waals surface area contributed by atoms with Crippen LogP contribution in [-0.2, 0) is 9.59 Å². The second-order valence-electron chi connectivity index (χ2n) is 15.4. The minimum absolute atomic E-state index is 0. The van der Waals surface area contributed by atoms with Gasteiger partial charge in [-0.3, -0.25) is 0 Å². The number of unbranched alkanes of at least 4 members (excludes halogenated alkanes) is 20. The van der Waals surface area contributed by atoms with Gasteiger partial charge in [0.25, 0.3) is 0 Å². The maximum Gasteiger partial charge on any atom is 2.00 e. The zero-order valence-electron chi connectivity index (χ0n) is 34.5. The first-order valence-corrected chi connectivity index (χ1v) is 22.0. The van der Waals surface area contributed by atoms with Crippen molar-refractivity contribution in [2.24, 2.45) is 0 Å². The summed E-state index contributed by atoms with van der Waals surface area (Å²) >= 11 is 0. The van der Waals surface area contributed by atoms with Crippen molar-refractivity contribution in [3.8, 4) is 0 Å². The third-order valence-corrected chi connectivity index (χ3v) is 10.7. The average Bonchev–Trinajstić information content (AvgIpc) is 3.15. The maximum atomic E-state index is 10.3. The molecule has 0 amide bonds. The van der Waals surface area contributed by atoms with Crippen molar-refractivity contribution >= 4 is 49.7 Å². The molecule has 0 aromatic heterocycles. The Hall–Kier alpha value is -1.36. The molecule has 0 aliphatic rings. The van der Waals surface area contributed by atoms with Gasteiger partial charge in [-0.25, -0.2) is 0 Å². The summed E-state index contributed by atoms with van der Waals surface area (Å²) in [6.07, 6.45) is 35.6. The number of aliphatic carboxylic acids is 2. The predicted octanol–water partition coefficient (Wildman–Crippen LogP) is 12.4. The van der Waals surface area contributed by atoms with Crippen molar-refractivity contribution in [1.29, 1.82) is 0 Å². The SMILES string of the molecule is CCCCCC(CCCCCCCCCCCC(=O)[O-])c1ccccc1.CCCCCC(CCCCCCCCCCCC(=O)[O-])c1ccccc1.[Ca+2]. The van der Waals surface area contributed by atoms with Gasteiger partial charge >= 0.3 is 37.7 Å². The predicted molar refractivity (Wildman–Crippen MR) is 224 cm³/mol. The Kier molecular flexibility index (Phi) is 37.9. The number of carboxylic acids is 2. The Labute approximate surface area is 357 Å². The molecule has 0 fully saturated rings. The van der Waals surface area contributed by atoms with Crippen LogP contribution in [0.4, 0.5) is 0 Å². The molecule has 2 unspecified atom stereocenters. The van der Waals surface area contributed by atoms with E-state index in [1.54, 1.807) is 0 Å². The second kappa shape index (κ2) is 38.9. The number of hydrogen-bond acceptors (Lipinski definition) is 4. The molecule has 0 saturated carbocycles. The summed E-state index contributed by atoms with van der Waals surface area (Å²) in [5.41, 5.74) is 3.06. The van der Waals surface area contributed by atoms with Crippen LogP contribution in [0.15, 0.2) is 60.7 Å². The van der Waals surface area contributed by atoms with Gasteiger partial charge in [-0.2, -0.15) is 0 Å². The molecule has 0 radical (unpaired) electrons. The third-order valence-electron chi connectivity index (χ3n) is 10.7. The van der Waals surface area contributed by atoms with Crippen LogP contribution in [0.3, 0.4) is 0 Å². The van der Waals surface area contributed by atoms with E-state index < -0.39 is 11.9 Å². The van der Waals surface area contributed by atoms with Gasteiger partial charge in [-0.15, -0.1) is 0 Å². The van der Waals surface area contributed by atoms with Crippen LogP contribution in [-0.4, -0.2) is 49.7 Å². The van der Waals surface area contributed by atoms with Gasteiger partial charge in [0.15, 0.2) is 0 Å². The first-order chi connectivity index (χ1) is 25.5. The normalized spacial score (nSPS) is 12.0. The Morgan fingerprint density at radius 3 is 0.906 bits per heavy atom. The largest absolute Gasteiger partial charge is 2.00 e. The van der Waals surface area contributed by atoms with E-state index in [-0.39, 0.29) is 50.6 Å². The van der Waals surface area contributed by atoms with E-state index in [0.717, 1.165) is 37.5 Å². The number of carbonyl (C=O) groups is 2. The molecule has 0 N–H and O–H groups in total. The minimum atomic E-state index is -0.909. The van der Waals surface area contributed by atoms with E-state index in [0.29, 0.717) is 0 Å². The van der Waals surface area contributed by atoms with Crippen LogP contribution in [0.25, 0.3) is 0 Å². The van der Waals surface area contributed by atoms with Gasteiger partial charge in [-0.1, -0.05) is 216 Å². The molecule has 2 aromatic carbocycles. The fourth-order valence-corrected chi connectivity index (χ4v) is 7.48. The van der Waals surface area contributed by atoms with E-state index >= 15 is 0 Å². The molecule has 0 aliphatic carbocycles. The van der Waals surface area contributed by atoms with Crippen molar-refractivity contribution in [2.75, 3.05) is 0 Å². The molecule has 5 heteroatoms. The fourth-order valence-electron chi connectivity index (χ4n) is 7.48. The topological polar surface area (TPSA) is 80.3 Å². The first kappa shape index (κ1) is 51.6. The Morgan fingerprint density at radius 2 is 0.642 bits per heavy atom. The molecule has 0 saturated heterocycles. The summed E-state index contributed by atoms with van der Waals surface area (Å²) in [6, 6.07) is 22.1. The van der Waals surface area contributed by atoms with Gasteiger partial charge in [-0.05, 0) is 74.3 Å². The van der Waals surface area contributed by atoms with Gasteiger partial charge in [0.05, 0.1) is 0 Å². The smallest absolute Gasteiger partial charge is 0.550 e. The molecule has 296 valence electrons. The molecule has 0 bridgehead atoms. The van der Waals surface area contributed by atoms with Crippen LogP contribution in [0.5, 0.6) is 0 Å². The average molecular weight is 759 g/mol. The van der Waals surface area contributed by atoms with Crippen LogP contribution in [0, 0.1) is 0 Å². The molecule has 0 aliphatic heterocycles. The molecule has 4 nitrogen and oxygen atoms in total. The Balaban J connectivity index is 0.00000100. The molecular weight excluding hydrogens is 681 g/mol. The van der Waals surface area contributed by atoms with Gasteiger partial charge in [0, 0.05) is 11.9 Å². The summed E-state index contributed by atoms with van der Waals surface area (Å²) in [5.74, 6) is -0.333. The second-order valence-corrected chi connectivity index (χ2v) is 15.4. The monoisotopic (exact) mass is 759 g/mol. The van der Waals surface area contributed by atoms with Gasteiger partial charge < -0.3 is 19.8 Å². The van der Waals surface area contributed by atoms with E-state index in [9.17, 15) is 19.8 Å². The van der Waals surface area contributed by atoms with Crippen LogP contribution in [0.1, 0.15) is 229 Å². The number of carbonyl (C=O) groups excluding carboxylic acids is 2. The van der Waals surface area contributed by atoms with Crippen molar-refractivity contribution in [1.82, 2.24) is 0 Å². The van der Waals surface area contributed by atoms with Crippen molar-refractivity contribution in [3.63, 3.8) is 0 Å². The van der Waals surface area contributed by atoms with E-state index in [1.165, 1.54) is 165 Å². The number of carboxylic acid groups (broad SMARTS) is 2. The molecule has 2 rings (SSSR count). The van der Waals surface area contributed by atoms with Crippen molar-refractivity contribution in [3.05, 3.63) is 71.8 Å². The molecule has 53 heavy (non-hydrogen) atoms. The zero-order chi connectivity index (χ0) is 37.7. The van der Waals surface area contributed by atoms with Gasteiger partial charge in [0.2, 0.25) is 0 Å². The number of benzene rings is 2. The summed E-state index contributed by atoms with van der Waals surface area (Å²) < 4.78 is 0. The molecule has 0 heterocycles. The zero-order valence-corrected chi connectivity index (χ0v) is 36.7. The Bertz CT molecular complexity index is 974. The van der Waals surface area contributed by atoms with Crippen molar-refractivity contribution < 1.29 is 19.8 Å². The van der Waals surface area contributed by atoms with Gasteiger partial charge in [0.1, 0.15) is 0 Å². The first-order valence-electron chi connectivity index (χ1n) is 22.0. The van der Waals surface area contributed by atoms with Crippen LogP contribution in [0.2, 0.25) is 0 Å². The van der Waals surface area contributed by atoms with Crippen LogP contribution < -0.4 is 10.2 Å². The number of hydrogen-bond donors (Lipinski definition) is 0. The van der Waals surface area contributed by atoms with E-state index in [2.05, 4.69) is 74.5 Å². The molecule has 2 atom stereocenters. The summed E-state index contributed by atoms with van der Waals surface area (Å²) in [5, 5.41) is 20.7. The summed E-state index contributed by atoms with van der Waals surface area (Å²) in [6.45, 7) is 4.56. The fraction of sp³-hybridized carbons (Fsp3) is 0.708. The summed E-state index contributed by atoms with van der Waals surface area (Å²) in [7, 11) is 0. The number of rotatable bonds is 34. The van der Waals surface area contributed by atoms with Crippen molar-refractivity contribution in [2.45, 2.75) is 218 Å². The maximum absolute atomic E-state index is 10.3. The third kappa shape index (κ3) is 32.6. The standard InChI is InChI=1S/2C24H40O2.Ca/c2*1-2-3-12-17-22(23-19-14-11-15-20-23)18-13-9-7-5-4-6-8-10-16-21-24(25)26;/h2*11,14-15,19-20,22H,2-10,12-13,16-18,21H2,1H3,(H,25,26);/q;;+2/p-2.